The molecule has 2 aromatic heterocycles. The molecule has 0 bridgehead atoms. The first-order chi connectivity index (χ1) is 6.75. The standard InChI is InChI=1S/C8H5ClN4O/c9-7-3-10-1-6(13-7)5-2-12-8(14)4-11-5/h1-4H,(H,12,14). The lowest BCUT2D eigenvalue weighted by Gasteiger charge is -1.97. The number of hydrogen-bond acceptors (Lipinski definition) is 4. The van der Waals surface area contributed by atoms with Crippen molar-refractivity contribution >= 4 is 11.6 Å². The summed E-state index contributed by atoms with van der Waals surface area (Å²) in [5.74, 6) is 0. The van der Waals surface area contributed by atoms with Gasteiger partial charge in [-0.15, -0.1) is 0 Å². The molecule has 0 spiro atoms. The summed E-state index contributed by atoms with van der Waals surface area (Å²) < 4.78 is 0. The zero-order chi connectivity index (χ0) is 9.97. The molecule has 2 heterocycles. The molecule has 5 nitrogen and oxygen atoms in total. The molecule has 2 rings (SSSR count). The molecule has 0 atom stereocenters. The van der Waals surface area contributed by atoms with E-state index in [1.54, 1.807) is 0 Å². The first kappa shape index (κ1) is 8.83. The van der Waals surface area contributed by atoms with Crippen LogP contribution >= 0.6 is 11.6 Å². The van der Waals surface area contributed by atoms with Crippen LogP contribution in [0.25, 0.3) is 11.4 Å². The highest BCUT2D eigenvalue weighted by Crippen LogP contribution is 2.12. The number of nitrogens with zero attached hydrogens (tertiary/aromatic N) is 3. The molecule has 14 heavy (non-hydrogen) atoms. The number of hydrogen-bond donors (Lipinski definition) is 1. The van der Waals surface area contributed by atoms with Gasteiger partial charge in [-0.1, -0.05) is 11.6 Å². The van der Waals surface area contributed by atoms with Gasteiger partial charge in [0.15, 0.2) is 0 Å². The molecule has 0 aliphatic rings. The maximum absolute atomic E-state index is 10.7. The molecular weight excluding hydrogens is 204 g/mol. The molecule has 0 fully saturated rings. The summed E-state index contributed by atoms with van der Waals surface area (Å²) in [6.45, 7) is 0. The largest absolute Gasteiger partial charge is 0.326 e. The zero-order valence-electron chi connectivity index (χ0n) is 6.94. The van der Waals surface area contributed by atoms with Crippen LogP contribution in [0, 0.1) is 0 Å². The van der Waals surface area contributed by atoms with Crippen molar-refractivity contribution in [3.63, 3.8) is 0 Å². The summed E-state index contributed by atoms with van der Waals surface area (Å²) in [5, 5.41) is 0.288. The van der Waals surface area contributed by atoms with E-state index in [-0.39, 0.29) is 10.7 Å². The third-order valence-corrected chi connectivity index (χ3v) is 1.72. The zero-order valence-corrected chi connectivity index (χ0v) is 7.69. The predicted molar refractivity (Wildman–Crippen MR) is 50.9 cm³/mol. The van der Waals surface area contributed by atoms with Gasteiger partial charge in [-0.2, -0.15) is 0 Å². The van der Waals surface area contributed by atoms with Crippen LogP contribution in [0.1, 0.15) is 0 Å². The first-order valence-corrected chi connectivity index (χ1v) is 4.16. The smallest absolute Gasteiger partial charge is 0.266 e. The van der Waals surface area contributed by atoms with Crippen LogP contribution in [0.4, 0.5) is 0 Å². The summed E-state index contributed by atoms with van der Waals surface area (Å²) in [6, 6.07) is 0. The number of nitrogens with one attached hydrogen (secondary N) is 1. The minimum absolute atomic E-state index is 0.260. The fourth-order valence-corrected chi connectivity index (χ4v) is 1.10. The van der Waals surface area contributed by atoms with Gasteiger partial charge in [0.25, 0.3) is 5.56 Å². The van der Waals surface area contributed by atoms with Crippen molar-refractivity contribution < 1.29 is 0 Å². The molecule has 2 aromatic rings. The Balaban J connectivity index is 2.49. The summed E-state index contributed by atoms with van der Waals surface area (Å²) in [5.41, 5.74) is 0.789. The predicted octanol–water partition coefficient (Wildman–Crippen LogP) is 0.880. The van der Waals surface area contributed by atoms with E-state index in [1.807, 2.05) is 0 Å². The van der Waals surface area contributed by atoms with Crippen molar-refractivity contribution in [1.82, 2.24) is 19.9 Å². The Morgan fingerprint density at radius 2 is 2.07 bits per heavy atom. The summed E-state index contributed by atoms with van der Waals surface area (Å²) in [6.07, 6.45) is 5.59. The Hall–Kier alpha value is -1.75. The van der Waals surface area contributed by atoms with Gasteiger partial charge in [0.2, 0.25) is 0 Å². The van der Waals surface area contributed by atoms with Gasteiger partial charge in [0.1, 0.15) is 16.5 Å². The van der Waals surface area contributed by atoms with Crippen LogP contribution in [-0.2, 0) is 0 Å². The highest BCUT2D eigenvalue weighted by molar-refractivity contribution is 6.29. The van der Waals surface area contributed by atoms with E-state index in [9.17, 15) is 4.79 Å². The van der Waals surface area contributed by atoms with Crippen molar-refractivity contribution in [3.05, 3.63) is 40.3 Å². The van der Waals surface area contributed by atoms with E-state index >= 15 is 0 Å². The van der Waals surface area contributed by atoms with E-state index in [0.717, 1.165) is 0 Å². The highest BCUT2D eigenvalue weighted by Gasteiger charge is 2.01. The maximum Gasteiger partial charge on any atom is 0.266 e. The normalized spacial score (nSPS) is 10.1. The average molecular weight is 209 g/mol. The van der Waals surface area contributed by atoms with Gasteiger partial charge in [0.05, 0.1) is 18.6 Å². The molecule has 0 aliphatic heterocycles. The van der Waals surface area contributed by atoms with Gasteiger partial charge in [-0.25, -0.2) is 9.97 Å². The molecule has 70 valence electrons. The van der Waals surface area contributed by atoms with Crippen LogP contribution in [0.5, 0.6) is 0 Å². The van der Waals surface area contributed by atoms with E-state index in [0.29, 0.717) is 11.4 Å². The van der Waals surface area contributed by atoms with Crippen molar-refractivity contribution in [3.8, 4) is 11.4 Å². The second-order valence-corrected chi connectivity index (χ2v) is 2.91. The van der Waals surface area contributed by atoms with Gasteiger partial charge >= 0.3 is 0 Å². The number of aromatic amines is 1. The fraction of sp³-hybridized carbons (Fsp3) is 0. The first-order valence-electron chi connectivity index (χ1n) is 3.78. The minimum Gasteiger partial charge on any atom is -0.326 e. The van der Waals surface area contributed by atoms with E-state index in [1.165, 1.54) is 24.8 Å². The van der Waals surface area contributed by atoms with Crippen LogP contribution < -0.4 is 5.56 Å². The third-order valence-electron chi connectivity index (χ3n) is 1.54. The molecule has 0 amide bonds. The minimum atomic E-state index is -0.260. The lowest BCUT2D eigenvalue weighted by atomic mass is 10.3. The number of rotatable bonds is 1. The molecule has 0 aliphatic carbocycles. The summed E-state index contributed by atoms with van der Waals surface area (Å²) in [7, 11) is 0. The van der Waals surface area contributed by atoms with Crippen molar-refractivity contribution in [2.75, 3.05) is 0 Å². The Bertz CT molecular complexity index is 490. The van der Waals surface area contributed by atoms with Gasteiger partial charge in [-0.05, 0) is 0 Å². The Labute approximate surface area is 83.8 Å². The van der Waals surface area contributed by atoms with Gasteiger partial charge in [-0.3, -0.25) is 9.78 Å². The SMILES string of the molecule is O=c1cnc(-c2cncc(Cl)n2)c[nH]1. The van der Waals surface area contributed by atoms with E-state index < -0.39 is 0 Å². The average Bonchev–Trinajstić information content (AvgIpc) is 2.19. The second kappa shape index (κ2) is 3.55. The van der Waals surface area contributed by atoms with Gasteiger partial charge < -0.3 is 4.98 Å². The molecule has 0 saturated heterocycles. The lowest BCUT2D eigenvalue weighted by Crippen LogP contribution is -2.04. The van der Waals surface area contributed by atoms with Crippen LogP contribution in [0.15, 0.2) is 29.6 Å². The molecule has 0 aromatic carbocycles. The number of aromatic nitrogens is 4. The molecule has 0 unspecified atom stereocenters. The lowest BCUT2D eigenvalue weighted by molar-refractivity contribution is 1.11. The van der Waals surface area contributed by atoms with E-state index in [4.69, 9.17) is 11.6 Å². The summed E-state index contributed by atoms with van der Waals surface area (Å²) in [4.78, 5) is 25.0. The number of halogens is 1. The number of H-pyrrole nitrogens is 1. The van der Waals surface area contributed by atoms with E-state index in [2.05, 4.69) is 19.9 Å². The van der Waals surface area contributed by atoms with Gasteiger partial charge in [0, 0.05) is 6.20 Å². The fourth-order valence-electron chi connectivity index (χ4n) is 0.948. The highest BCUT2D eigenvalue weighted by atomic mass is 35.5. The van der Waals surface area contributed by atoms with Crippen molar-refractivity contribution in [1.29, 1.82) is 0 Å². The summed E-state index contributed by atoms with van der Waals surface area (Å²) >= 11 is 5.65. The monoisotopic (exact) mass is 208 g/mol. The molecule has 0 radical (unpaired) electrons. The molecular formula is C8H5ClN4O. The second-order valence-electron chi connectivity index (χ2n) is 2.52. The topological polar surface area (TPSA) is 71.5 Å². The Morgan fingerprint density at radius 1 is 1.21 bits per heavy atom. The maximum atomic E-state index is 10.7. The quantitative estimate of drug-likeness (QED) is 0.755. The van der Waals surface area contributed by atoms with Crippen molar-refractivity contribution in [2.24, 2.45) is 0 Å². The van der Waals surface area contributed by atoms with Crippen molar-refractivity contribution in [2.45, 2.75) is 0 Å². The van der Waals surface area contributed by atoms with Crippen LogP contribution in [0.2, 0.25) is 5.15 Å². The Morgan fingerprint density at radius 3 is 2.71 bits per heavy atom. The van der Waals surface area contributed by atoms with Crippen LogP contribution in [0.3, 0.4) is 0 Å². The molecule has 6 heteroatoms. The third kappa shape index (κ3) is 1.77. The van der Waals surface area contributed by atoms with Crippen LogP contribution in [-0.4, -0.2) is 19.9 Å². The Kier molecular flexibility index (Phi) is 2.24. The molecule has 0 saturated carbocycles. The molecule has 1 N–H and O–H groups in total.